The van der Waals surface area contributed by atoms with Gasteiger partial charge >= 0.3 is 0 Å². The van der Waals surface area contributed by atoms with Gasteiger partial charge in [-0.25, -0.2) is 4.39 Å². The Morgan fingerprint density at radius 2 is 2.42 bits per heavy atom. The Hall–Kier alpha value is -1.17. The van der Waals surface area contributed by atoms with Crippen LogP contribution < -0.4 is 10.1 Å². The maximum atomic E-state index is 13.5. The fourth-order valence-electron chi connectivity index (χ4n) is 2.19. The molecule has 1 aromatic rings. The molecule has 1 fully saturated rings. The van der Waals surface area contributed by atoms with Crippen LogP contribution in [0.5, 0.6) is 5.75 Å². The smallest absolute Gasteiger partial charge is 0.165 e. The highest BCUT2D eigenvalue weighted by molar-refractivity contribution is 5.30. The first-order valence-corrected chi connectivity index (χ1v) is 6.54. The second kappa shape index (κ2) is 6.84. The number of methoxy groups -OCH3 is 1. The van der Waals surface area contributed by atoms with Gasteiger partial charge in [0.05, 0.1) is 19.3 Å². The summed E-state index contributed by atoms with van der Waals surface area (Å²) < 4.78 is 23.8. The molecule has 1 aliphatic rings. The zero-order valence-corrected chi connectivity index (χ0v) is 11.1. The van der Waals surface area contributed by atoms with Gasteiger partial charge in [0.25, 0.3) is 0 Å². The van der Waals surface area contributed by atoms with Crippen LogP contribution in [0.4, 0.5) is 4.39 Å². The lowest BCUT2D eigenvalue weighted by Crippen LogP contribution is -2.29. The number of aliphatic hydroxyl groups is 1. The maximum Gasteiger partial charge on any atom is 0.165 e. The standard InChI is InChI=1S/C14H20FNO3/c1-18-14-5-4-10(7-12(14)15)13(17)9-16-8-11-3-2-6-19-11/h4-5,7,11,13,16-17H,2-3,6,8-9H2,1H3. The maximum absolute atomic E-state index is 13.5. The van der Waals surface area contributed by atoms with Crippen LogP contribution >= 0.6 is 0 Å². The van der Waals surface area contributed by atoms with E-state index < -0.39 is 11.9 Å². The SMILES string of the molecule is COc1ccc(C(O)CNCC2CCCO2)cc1F. The van der Waals surface area contributed by atoms with Crippen LogP contribution in [0.25, 0.3) is 0 Å². The molecule has 0 aliphatic carbocycles. The fraction of sp³-hybridized carbons (Fsp3) is 0.571. The summed E-state index contributed by atoms with van der Waals surface area (Å²) in [6, 6.07) is 4.49. The molecule has 2 rings (SSSR count). The number of benzene rings is 1. The van der Waals surface area contributed by atoms with Gasteiger partial charge in [-0.15, -0.1) is 0 Å². The fourth-order valence-corrected chi connectivity index (χ4v) is 2.19. The molecule has 5 heteroatoms. The lowest BCUT2D eigenvalue weighted by molar-refractivity contribution is 0.103. The molecule has 0 radical (unpaired) electrons. The summed E-state index contributed by atoms with van der Waals surface area (Å²) >= 11 is 0. The third-order valence-electron chi connectivity index (χ3n) is 3.29. The number of hydrogen-bond acceptors (Lipinski definition) is 4. The van der Waals surface area contributed by atoms with Crippen molar-refractivity contribution in [1.82, 2.24) is 5.32 Å². The first-order chi connectivity index (χ1) is 9.20. The highest BCUT2D eigenvalue weighted by Crippen LogP contribution is 2.21. The largest absolute Gasteiger partial charge is 0.494 e. The summed E-state index contributed by atoms with van der Waals surface area (Å²) in [6.45, 7) is 1.92. The molecule has 0 aromatic heterocycles. The minimum atomic E-state index is -0.734. The predicted octanol–water partition coefficient (Wildman–Crippen LogP) is 1.64. The van der Waals surface area contributed by atoms with E-state index in [9.17, 15) is 9.50 Å². The van der Waals surface area contributed by atoms with E-state index in [4.69, 9.17) is 9.47 Å². The third-order valence-corrected chi connectivity index (χ3v) is 3.29. The Morgan fingerprint density at radius 1 is 1.58 bits per heavy atom. The van der Waals surface area contributed by atoms with E-state index in [1.165, 1.54) is 19.2 Å². The molecule has 1 aliphatic heterocycles. The number of halogens is 1. The van der Waals surface area contributed by atoms with Crippen LogP contribution in [0.15, 0.2) is 18.2 Å². The summed E-state index contributed by atoms with van der Waals surface area (Å²) in [6.07, 6.45) is 1.65. The minimum absolute atomic E-state index is 0.184. The predicted molar refractivity (Wildman–Crippen MR) is 69.8 cm³/mol. The van der Waals surface area contributed by atoms with Gasteiger partial charge in [0, 0.05) is 19.7 Å². The molecule has 106 valence electrons. The number of nitrogens with one attached hydrogen (secondary N) is 1. The molecular formula is C14H20FNO3. The Balaban J connectivity index is 1.81. The van der Waals surface area contributed by atoms with Crippen molar-refractivity contribution in [3.05, 3.63) is 29.6 Å². The van der Waals surface area contributed by atoms with Gasteiger partial charge < -0.3 is 19.9 Å². The van der Waals surface area contributed by atoms with Gasteiger partial charge in [-0.3, -0.25) is 0 Å². The molecule has 19 heavy (non-hydrogen) atoms. The highest BCUT2D eigenvalue weighted by atomic mass is 19.1. The van der Waals surface area contributed by atoms with Crippen LogP contribution in [0.3, 0.4) is 0 Å². The van der Waals surface area contributed by atoms with Crippen molar-refractivity contribution in [3.63, 3.8) is 0 Å². The zero-order chi connectivity index (χ0) is 13.7. The van der Waals surface area contributed by atoms with E-state index in [1.807, 2.05) is 0 Å². The Bertz CT molecular complexity index is 408. The van der Waals surface area contributed by atoms with Crippen molar-refractivity contribution in [2.45, 2.75) is 25.0 Å². The monoisotopic (exact) mass is 269 g/mol. The Labute approximate surface area is 112 Å². The third kappa shape index (κ3) is 3.89. The van der Waals surface area contributed by atoms with E-state index in [2.05, 4.69) is 5.32 Å². The van der Waals surface area contributed by atoms with Gasteiger partial charge in [0.15, 0.2) is 11.6 Å². The summed E-state index contributed by atoms with van der Waals surface area (Å²) in [5.74, 6) is -0.276. The van der Waals surface area contributed by atoms with Gasteiger partial charge in [-0.2, -0.15) is 0 Å². The first kappa shape index (κ1) is 14.2. The molecule has 1 heterocycles. The van der Waals surface area contributed by atoms with E-state index >= 15 is 0 Å². The lowest BCUT2D eigenvalue weighted by Gasteiger charge is -2.15. The molecular weight excluding hydrogens is 249 g/mol. The van der Waals surface area contributed by atoms with Crippen LogP contribution in [0.1, 0.15) is 24.5 Å². The van der Waals surface area contributed by atoms with Gasteiger partial charge in [0.1, 0.15) is 0 Å². The average Bonchev–Trinajstić information content (AvgIpc) is 2.91. The van der Waals surface area contributed by atoms with Crippen molar-refractivity contribution in [3.8, 4) is 5.75 Å². The van der Waals surface area contributed by atoms with Crippen molar-refractivity contribution in [2.75, 3.05) is 26.8 Å². The van der Waals surface area contributed by atoms with Crippen LogP contribution in [0, 0.1) is 5.82 Å². The molecule has 2 N–H and O–H groups in total. The summed E-state index contributed by atoms with van der Waals surface area (Å²) in [7, 11) is 1.41. The van der Waals surface area contributed by atoms with Gasteiger partial charge in [-0.05, 0) is 30.5 Å². The Morgan fingerprint density at radius 3 is 3.05 bits per heavy atom. The lowest BCUT2D eigenvalue weighted by atomic mass is 10.1. The van der Waals surface area contributed by atoms with Crippen molar-refractivity contribution in [2.24, 2.45) is 0 Å². The molecule has 0 amide bonds. The normalized spacial score (nSPS) is 20.5. The number of hydrogen-bond donors (Lipinski definition) is 2. The zero-order valence-electron chi connectivity index (χ0n) is 11.1. The molecule has 0 saturated carbocycles. The number of aliphatic hydroxyl groups excluding tert-OH is 1. The van der Waals surface area contributed by atoms with Gasteiger partial charge in [-0.1, -0.05) is 6.07 Å². The quantitative estimate of drug-likeness (QED) is 0.824. The van der Waals surface area contributed by atoms with Crippen LogP contribution in [-0.4, -0.2) is 38.0 Å². The number of ether oxygens (including phenoxy) is 2. The molecule has 4 nitrogen and oxygen atoms in total. The van der Waals surface area contributed by atoms with Crippen molar-refractivity contribution < 1.29 is 19.0 Å². The van der Waals surface area contributed by atoms with E-state index in [1.54, 1.807) is 6.07 Å². The van der Waals surface area contributed by atoms with E-state index in [0.717, 1.165) is 26.0 Å². The number of rotatable bonds is 6. The van der Waals surface area contributed by atoms with E-state index in [-0.39, 0.29) is 11.9 Å². The first-order valence-electron chi connectivity index (χ1n) is 6.54. The molecule has 1 aromatic carbocycles. The highest BCUT2D eigenvalue weighted by Gasteiger charge is 2.16. The molecule has 0 bridgehead atoms. The average molecular weight is 269 g/mol. The minimum Gasteiger partial charge on any atom is -0.494 e. The second-order valence-corrected chi connectivity index (χ2v) is 4.70. The van der Waals surface area contributed by atoms with Crippen LogP contribution in [0.2, 0.25) is 0 Å². The van der Waals surface area contributed by atoms with E-state index in [0.29, 0.717) is 12.1 Å². The second-order valence-electron chi connectivity index (χ2n) is 4.70. The van der Waals surface area contributed by atoms with Crippen LogP contribution in [-0.2, 0) is 4.74 Å². The van der Waals surface area contributed by atoms with Gasteiger partial charge in [0.2, 0.25) is 0 Å². The molecule has 0 spiro atoms. The molecule has 2 unspecified atom stereocenters. The molecule has 2 atom stereocenters. The molecule has 1 saturated heterocycles. The summed E-state index contributed by atoms with van der Waals surface area (Å²) in [4.78, 5) is 0. The topological polar surface area (TPSA) is 50.7 Å². The Kier molecular flexibility index (Phi) is 5.13. The van der Waals surface area contributed by atoms with Crippen molar-refractivity contribution >= 4 is 0 Å². The van der Waals surface area contributed by atoms with Crippen molar-refractivity contribution in [1.29, 1.82) is 0 Å². The summed E-state index contributed by atoms with van der Waals surface area (Å²) in [5.41, 5.74) is 0.540. The summed E-state index contributed by atoms with van der Waals surface area (Å²) in [5, 5.41) is 13.1.